The van der Waals surface area contributed by atoms with Crippen LogP contribution in [-0.2, 0) is 6.54 Å². The van der Waals surface area contributed by atoms with E-state index in [1.165, 1.54) is 4.31 Å². The van der Waals surface area contributed by atoms with Crippen molar-refractivity contribution in [1.82, 2.24) is 14.9 Å². The fraction of sp³-hybridized carbons (Fsp3) is 0.333. The molecule has 0 aliphatic rings. The number of aryl methyl sites for hydroxylation is 1. The Morgan fingerprint density at radius 3 is 2.78 bits per heavy atom. The summed E-state index contributed by atoms with van der Waals surface area (Å²) in [6.07, 6.45) is 6.16. The number of nitrogens with one attached hydrogen (secondary N) is 1. The summed E-state index contributed by atoms with van der Waals surface area (Å²) in [5.74, 6) is 1.13. The number of amides is 2. The normalized spacial score (nSPS) is 10.2. The first-order valence-corrected chi connectivity index (χ1v) is 7.50. The van der Waals surface area contributed by atoms with Crippen LogP contribution < -0.4 is 19.1 Å². The summed E-state index contributed by atoms with van der Waals surface area (Å²) < 4.78 is 13.6. The minimum Gasteiger partial charge on any atom is -0.493 e. The smallest absolute Gasteiger partial charge is 0.331 e. The number of aromatic nitrogens is 2. The third-order valence-electron chi connectivity index (χ3n) is 3.23. The van der Waals surface area contributed by atoms with Crippen LogP contribution in [0.4, 0.5) is 10.5 Å². The van der Waals surface area contributed by atoms with Crippen molar-refractivity contribution >= 4 is 24.5 Å². The zero-order valence-corrected chi connectivity index (χ0v) is 14.0. The maximum absolute atomic E-state index is 12.1. The summed E-state index contributed by atoms with van der Waals surface area (Å²) in [4.78, 5) is 16.1. The number of imidazole rings is 1. The Morgan fingerprint density at radius 1 is 1.35 bits per heavy atom. The number of carbonyl (C=O) groups excluding carboxylic acids is 1. The summed E-state index contributed by atoms with van der Waals surface area (Å²) in [5, 5.41) is 2.81. The topological polar surface area (TPSA) is 68.6 Å². The van der Waals surface area contributed by atoms with Gasteiger partial charge in [-0.1, -0.05) is 12.8 Å². The molecule has 1 heterocycles. The number of hydrogen-bond donors (Lipinski definition) is 2. The largest absolute Gasteiger partial charge is 0.493 e. The van der Waals surface area contributed by atoms with E-state index in [2.05, 4.69) is 23.1 Å². The SMILES string of the molecule is COc1ccc(N(S)C(=O)NCCCn2ccnc2)cc1OC. The summed E-state index contributed by atoms with van der Waals surface area (Å²) >= 11 is 4.24. The van der Waals surface area contributed by atoms with Gasteiger partial charge in [0.1, 0.15) is 0 Å². The standard InChI is InChI=1S/C15H20N4O3S/c1-21-13-5-4-12(10-14(13)22-2)19(23)15(20)17-6-3-8-18-9-7-16-11-18/h4-5,7,9-11,23H,3,6,8H2,1-2H3,(H,17,20). The highest BCUT2D eigenvalue weighted by molar-refractivity contribution is 7.82. The van der Waals surface area contributed by atoms with Gasteiger partial charge in [-0.2, -0.15) is 0 Å². The molecular formula is C15H20N4O3S. The van der Waals surface area contributed by atoms with Crippen LogP contribution in [0.2, 0.25) is 0 Å². The second-order valence-corrected chi connectivity index (χ2v) is 5.14. The Labute approximate surface area is 140 Å². The zero-order chi connectivity index (χ0) is 16.7. The minimum atomic E-state index is -0.300. The molecule has 0 aliphatic carbocycles. The Morgan fingerprint density at radius 2 is 2.13 bits per heavy atom. The van der Waals surface area contributed by atoms with Crippen LogP contribution in [0.1, 0.15) is 6.42 Å². The highest BCUT2D eigenvalue weighted by Crippen LogP contribution is 2.32. The first kappa shape index (κ1) is 17.0. The number of nitrogens with zero attached hydrogens (tertiary/aromatic N) is 3. The van der Waals surface area contributed by atoms with Gasteiger partial charge in [0.25, 0.3) is 0 Å². The van der Waals surface area contributed by atoms with Crippen molar-refractivity contribution in [3.05, 3.63) is 36.9 Å². The van der Waals surface area contributed by atoms with E-state index in [-0.39, 0.29) is 6.03 Å². The number of thiol groups is 1. The Kier molecular flexibility index (Phi) is 6.16. The predicted molar refractivity (Wildman–Crippen MR) is 91.3 cm³/mol. The van der Waals surface area contributed by atoms with E-state index >= 15 is 0 Å². The fourth-order valence-electron chi connectivity index (χ4n) is 2.02. The molecule has 124 valence electrons. The van der Waals surface area contributed by atoms with E-state index in [1.807, 2.05) is 10.8 Å². The molecule has 0 saturated carbocycles. The Bertz CT molecular complexity index is 634. The van der Waals surface area contributed by atoms with E-state index in [1.54, 1.807) is 44.9 Å². The molecule has 8 heteroatoms. The van der Waals surface area contributed by atoms with Crippen molar-refractivity contribution in [3.8, 4) is 11.5 Å². The summed E-state index contributed by atoms with van der Waals surface area (Å²) in [6.45, 7) is 1.34. The van der Waals surface area contributed by atoms with Crippen LogP contribution in [0.15, 0.2) is 36.9 Å². The van der Waals surface area contributed by atoms with Gasteiger partial charge < -0.3 is 19.4 Å². The van der Waals surface area contributed by atoms with E-state index in [4.69, 9.17) is 9.47 Å². The van der Waals surface area contributed by atoms with Gasteiger partial charge in [-0.15, -0.1) is 0 Å². The van der Waals surface area contributed by atoms with Crippen LogP contribution in [0, 0.1) is 0 Å². The molecule has 1 aromatic carbocycles. The number of benzene rings is 1. The molecule has 0 spiro atoms. The van der Waals surface area contributed by atoms with E-state index in [9.17, 15) is 4.79 Å². The molecule has 1 N–H and O–H groups in total. The first-order chi connectivity index (χ1) is 11.2. The summed E-state index contributed by atoms with van der Waals surface area (Å²) in [7, 11) is 3.10. The second-order valence-electron chi connectivity index (χ2n) is 4.74. The van der Waals surface area contributed by atoms with Crippen LogP contribution in [0.3, 0.4) is 0 Å². The molecule has 0 bridgehead atoms. The van der Waals surface area contributed by atoms with Crippen molar-refractivity contribution < 1.29 is 14.3 Å². The van der Waals surface area contributed by atoms with Crippen molar-refractivity contribution in [2.75, 3.05) is 25.1 Å². The third kappa shape index (κ3) is 4.56. The monoisotopic (exact) mass is 336 g/mol. The number of methoxy groups -OCH3 is 2. The molecule has 0 aliphatic heterocycles. The first-order valence-electron chi connectivity index (χ1n) is 7.10. The fourth-order valence-corrected chi connectivity index (χ4v) is 2.22. The lowest BCUT2D eigenvalue weighted by atomic mass is 10.2. The molecule has 0 unspecified atom stereocenters. The number of rotatable bonds is 7. The maximum atomic E-state index is 12.1. The molecule has 2 aromatic rings. The lowest BCUT2D eigenvalue weighted by Gasteiger charge is -2.18. The van der Waals surface area contributed by atoms with Crippen LogP contribution in [0.25, 0.3) is 0 Å². The molecule has 0 fully saturated rings. The highest BCUT2D eigenvalue weighted by atomic mass is 32.1. The van der Waals surface area contributed by atoms with Crippen molar-refractivity contribution in [2.24, 2.45) is 0 Å². The van der Waals surface area contributed by atoms with Crippen LogP contribution in [0.5, 0.6) is 11.5 Å². The van der Waals surface area contributed by atoms with E-state index in [0.717, 1.165) is 13.0 Å². The molecule has 0 atom stereocenters. The molecule has 7 nitrogen and oxygen atoms in total. The molecular weight excluding hydrogens is 316 g/mol. The average molecular weight is 336 g/mol. The number of ether oxygens (including phenoxy) is 2. The predicted octanol–water partition coefficient (Wildman–Crippen LogP) is 2.35. The van der Waals surface area contributed by atoms with Crippen molar-refractivity contribution in [2.45, 2.75) is 13.0 Å². The molecule has 2 amide bonds. The number of urea groups is 1. The Balaban J connectivity index is 1.86. The van der Waals surface area contributed by atoms with Crippen LogP contribution in [-0.4, -0.2) is 36.3 Å². The quantitative estimate of drug-likeness (QED) is 0.602. The number of hydrogen-bond acceptors (Lipinski definition) is 5. The molecule has 0 saturated heterocycles. The van der Waals surface area contributed by atoms with E-state index in [0.29, 0.717) is 23.7 Å². The molecule has 0 radical (unpaired) electrons. The van der Waals surface area contributed by atoms with Gasteiger partial charge in [-0.25, -0.2) is 14.1 Å². The molecule has 23 heavy (non-hydrogen) atoms. The molecule has 1 aromatic heterocycles. The van der Waals surface area contributed by atoms with Gasteiger partial charge in [-0.05, 0) is 18.6 Å². The minimum absolute atomic E-state index is 0.300. The van der Waals surface area contributed by atoms with Gasteiger partial charge in [0.2, 0.25) is 0 Å². The van der Waals surface area contributed by atoms with Crippen molar-refractivity contribution in [3.63, 3.8) is 0 Å². The average Bonchev–Trinajstić information content (AvgIpc) is 3.10. The Hall–Kier alpha value is -2.35. The van der Waals surface area contributed by atoms with Crippen molar-refractivity contribution in [1.29, 1.82) is 0 Å². The van der Waals surface area contributed by atoms with Gasteiger partial charge in [-0.3, -0.25) is 0 Å². The number of anilines is 1. The summed E-state index contributed by atoms with van der Waals surface area (Å²) in [5.41, 5.74) is 0.595. The number of carbonyl (C=O) groups is 1. The molecule has 2 rings (SSSR count). The maximum Gasteiger partial charge on any atom is 0.331 e. The lowest BCUT2D eigenvalue weighted by Crippen LogP contribution is -2.34. The zero-order valence-electron chi connectivity index (χ0n) is 13.1. The highest BCUT2D eigenvalue weighted by Gasteiger charge is 2.14. The van der Waals surface area contributed by atoms with Gasteiger partial charge >= 0.3 is 6.03 Å². The van der Waals surface area contributed by atoms with Gasteiger partial charge in [0.05, 0.1) is 26.2 Å². The lowest BCUT2D eigenvalue weighted by molar-refractivity contribution is 0.249. The van der Waals surface area contributed by atoms with Gasteiger partial charge in [0, 0.05) is 31.5 Å². The summed E-state index contributed by atoms with van der Waals surface area (Å²) in [6, 6.07) is 4.85. The van der Waals surface area contributed by atoms with Crippen LogP contribution >= 0.6 is 12.8 Å². The third-order valence-corrected chi connectivity index (χ3v) is 3.65. The second kappa shape index (κ2) is 8.33. The van der Waals surface area contributed by atoms with E-state index < -0.39 is 0 Å². The van der Waals surface area contributed by atoms with Gasteiger partial charge in [0.15, 0.2) is 11.5 Å².